The van der Waals surface area contributed by atoms with Gasteiger partial charge in [-0.25, -0.2) is 12.8 Å². The second kappa shape index (κ2) is 13.2. The molecule has 0 aromatic heterocycles. The summed E-state index contributed by atoms with van der Waals surface area (Å²) in [4.78, 5) is 28.0. The SMILES string of the molecule is CCCNC(=O)C(C)N(Cc1ccc(F)cc1)C(=O)CN(c1ccc(CC)cc1)S(=O)(=O)c1ccccc1. The van der Waals surface area contributed by atoms with Crippen molar-refractivity contribution in [3.8, 4) is 0 Å². The van der Waals surface area contributed by atoms with Crippen LogP contribution < -0.4 is 9.62 Å². The zero-order valence-corrected chi connectivity index (χ0v) is 22.7. The standard InChI is InChI=1S/C29H34FN3O4S/c1-4-19-31-29(35)22(3)32(20-24-11-15-25(30)16-12-24)28(34)21-33(26-17-13-23(5-2)14-18-26)38(36,37)27-9-7-6-8-10-27/h6-18,22H,4-5,19-21H2,1-3H3,(H,31,35). The fourth-order valence-corrected chi connectivity index (χ4v) is 5.35. The van der Waals surface area contributed by atoms with E-state index >= 15 is 0 Å². The minimum atomic E-state index is -4.11. The van der Waals surface area contributed by atoms with Crippen LogP contribution in [0.4, 0.5) is 10.1 Å². The Bertz CT molecular complexity index is 1310. The van der Waals surface area contributed by atoms with E-state index < -0.39 is 34.3 Å². The molecule has 0 bridgehead atoms. The van der Waals surface area contributed by atoms with Crippen LogP contribution in [0.5, 0.6) is 0 Å². The molecule has 38 heavy (non-hydrogen) atoms. The summed E-state index contributed by atoms with van der Waals surface area (Å²) in [5.74, 6) is -1.34. The van der Waals surface area contributed by atoms with E-state index in [1.54, 1.807) is 37.3 Å². The number of halogens is 1. The molecular formula is C29H34FN3O4S. The molecular weight excluding hydrogens is 505 g/mol. The maximum absolute atomic E-state index is 13.8. The Balaban J connectivity index is 2.00. The van der Waals surface area contributed by atoms with Crippen molar-refractivity contribution >= 4 is 27.5 Å². The van der Waals surface area contributed by atoms with Gasteiger partial charge in [-0.05, 0) is 67.3 Å². The third-order valence-electron chi connectivity index (χ3n) is 6.23. The Morgan fingerprint density at radius 3 is 2.08 bits per heavy atom. The van der Waals surface area contributed by atoms with Crippen molar-refractivity contribution in [3.63, 3.8) is 0 Å². The van der Waals surface area contributed by atoms with Crippen molar-refractivity contribution in [3.05, 3.63) is 95.8 Å². The fraction of sp³-hybridized carbons (Fsp3) is 0.310. The molecule has 2 amide bonds. The Morgan fingerprint density at radius 2 is 1.50 bits per heavy atom. The first-order valence-electron chi connectivity index (χ1n) is 12.7. The summed E-state index contributed by atoms with van der Waals surface area (Å²) >= 11 is 0. The van der Waals surface area contributed by atoms with Crippen LogP contribution in [0.2, 0.25) is 0 Å². The van der Waals surface area contributed by atoms with Gasteiger partial charge in [-0.3, -0.25) is 13.9 Å². The predicted molar refractivity (Wildman–Crippen MR) is 147 cm³/mol. The minimum Gasteiger partial charge on any atom is -0.354 e. The van der Waals surface area contributed by atoms with E-state index in [0.717, 1.165) is 22.7 Å². The van der Waals surface area contributed by atoms with Crippen LogP contribution in [0.15, 0.2) is 83.8 Å². The van der Waals surface area contributed by atoms with E-state index in [2.05, 4.69) is 5.32 Å². The number of sulfonamides is 1. The molecule has 202 valence electrons. The lowest BCUT2D eigenvalue weighted by atomic mass is 10.1. The van der Waals surface area contributed by atoms with Gasteiger partial charge in [-0.15, -0.1) is 0 Å². The second-order valence-corrected chi connectivity index (χ2v) is 10.8. The Morgan fingerprint density at radius 1 is 0.895 bits per heavy atom. The predicted octanol–water partition coefficient (Wildman–Crippen LogP) is 4.53. The summed E-state index contributed by atoms with van der Waals surface area (Å²) in [6, 6.07) is 19.6. The van der Waals surface area contributed by atoms with E-state index in [1.807, 2.05) is 26.0 Å². The quantitative estimate of drug-likeness (QED) is 0.367. The molecule has 0 heterocycles. The highest BCUT2D eigenvalue weighted by Crippen LogP contribution is 2.25. The highest BCUT2D eigenvalue weighted by Gasteiger charge is 2.32. The maximum atomic E-state index is 13.8. The van der Waals surface area contributed by atoms with Crippen LogP contribution in [-0.4, -0.2) is 44.3 Å². The van der Waals surface area contributed by atoms with E-state index in [9.17, 15) is 22.4 Å². The van der Waals surface area contributed by atoms with E-state index in [-0.39, 0.29) is 17.3 Å². The number of hydrogen-bond donors (Lipinski definition) is 1. The van der Waals surface area contributed by atoms with Gasteiger partial charge in [0.05, 0.1) is 10.6 Å². The summed E-state index contributed by atoms with van der Waals surface area (Å²) < 4.78 is 42.0. The van der Waals surface area contributed by atoms with Crippen LogP contribution in [0, 0.1) is 5.82 Å². The van der Waals surface area contributed by atoms with Gasteiger partial charge in [0.1, 0.15) is 18.4 Å². The molecule has 0 spiro atoms. The molecule has 1 atom stereocenters. The van der Waals surface area contributed by atoms with E-state index in [4.69, 9.17) is 0 Å². The molecule has 1 unspecified atom stereocenters. The van der Waals surface area contributed by atoms with Crippen molar-refractivity contribution in [2.75, 3.05) is 17.4 Å². The monoisotopic (exact) mass is 539 g/mol. The lowest BCUT2D eigenvalue weighted by Gasteiger charge is -2.32. The molecule has 1 N–H and O–H groups in total. The van der Waals surface area contributed by atoms with Crippen LogP contribution in [0.1, 0.15) is 38.3 Å². The number of nitrogens with zero attached hydrogens (tertiary/aromatic N) is 2. The molecule has 0 radical (unpaired) electrons. The number of anilines is 1. The molecule has 0 saturated carbocycles. The summed E-state index contributed by atoms with van der Waals surface area (Å²) in [5, 5.41) is 2.79. The zero-order valence-electron chi connectivity index (χ0n) is 21.9. The number of amides is 2. The smallest absolute Gasteiger partial charge is 0.264 e. The maximum Gasteiger partial charge on any atom is 0.264 e. The van der Waals surface area contributed by atoms with Crippen LogP contribution in [0.25, 0.3) is 0 Å². The van der Waals surface area contributed by atoms with Gasteiger partial charge in [-0.2, -0.15) is 0 Å². The molecule has 3 rings (SSSR count). The number of benzene rings is 3. The fourth-order valence-electron chi connectivity index (χ4n) is 3.91. The van der Waals surface area contributed by atoms with Crippen LogP contribution >= 0.6 is 0 Å². The van der Waals surface area contributed by atoms with Crippen molar-refractivity contribution in [1.29, 1.82) is 0 Å². The van der Waals surface area contributed by atoms with E-state index in [0.29, 0.717) is 17.8 Å². The summed E-state index contributed by atoms with van der Waals surface area (Å²) in [6.07, 6.45) is 1.50. The molecule has 0 aliphatic rings. The third-order valence-corrected chi connectivity index (χ3v) is 8.01. The van der Waals surface area contributed by atoms with Crippen molar-refractivity contribution in [2.45, 2.75) is 51.1 Å². The lowest BCUT2D eigenvalue weighted by Crippen LogP contribution is -2.51. The summed E-state index contributed by atoms with van der Waals surface area (Å²) in [5.41, 5.74) is 1.97. The van der Waals surface area contributed by atoms with Gasteiger partial charge >= 0.3 is 0 Å². The highest BCUT2D eigenvalue weighted by atomic mass is 32.2. The second-order valence-electron chi connectivity index (χ2n) is 8.96. The summed E-state index contributed by atoms with van der Waals surface area (Å²) in [6.45, 7) is 5.44. The average Bonchev–Trinajstić information content (AvgIpc) is 2.94. The number of hydrogen-bond acceptors (Lipinski definition) is 4. The van der Waals surface area contributed by atoms with Gasteiger partial charge in [0, 0.05) is 13.1 Å². The Hall–Kier alpha value is -3.72. The number of aryl methyl sites for hydroxylation is 1. The lowest BCUT2D eigenvalue weighted by molar-refractivity contribution is -0.139. The van der Waals surface area contributed by atoms with Gasteiger partial charge < -0.3 is 10.2 Å². The molecule has 0 aliphatic carbocycles. The molecule has 3 aromatic rings. The van der Waals surface area contributed by atoms with Gasteiger partial charge in [-0.1, -0.05) is 56.3 Å². The molecule has 0 fully saturated rings. The first-order valence-corrected chi connectivity index (χ1v) is 14.1. The first kappa shape index (κ1) is 28.8. The van der Waals surface area contributed by atoms with Crippen LogP contribution in [-0.2, 0) is 32.6 Å². The minimum absolute atomic E-state index is 0.00776. The summed E-state index contributed by atoms with van der Waals surface area (Å²) in [7, 11) is -4.11. The third kappa shape index (κ3) is 7.19. The van der Waals surface area contributed by atoms with Gasteiger partial charge in [0.25, 0.3) is 10.0 Å². The van der Waals surface area contributed by atoms with Crippen molar-refractivity contribution in [1.82, 2.24) is 10.2 Å². The first-order chi connectivity index (χ1) is 18.2. The van der Waals surface area contributed by atoms with Crippen LogP contribution in [0.3, 0.4) is 0 Å². The van der Waals surface area contributed by atoms with E-state index in [1.165, 1.54) is 41.3 Å². The topological polar surface area (TPSA) is 86.8 Å². The number of carbonyl (C=O) groups is 2. The largest absolute Gasteiger partial charge is 0.354 e. The molecule has 7 nitrogen and oxygen atoms in total. The van der Waals surface area contributed by atoms with Gasteiger partial charge in [0.2, 0.25) is 11.8 Å². The Kier molecular flexibility index (Phi) is 10.0. The number of nitrogens with one attached hydrogen (secondary N) is 1. The number of rotatable bonds is 12. The molecule has 0 saturated heterocycles. The molecule has 0 aliphatic heterocycles. The Labute approximate surface area is 224 Å². The van der Waals surface area contributed by atoms with Crippen molar-refractivity contribution in [2.24, 2.45) is 0 Å². The normalized spacial score (nSPS) is 12.0. The molecule has 3 aromatic carbocycles. The zero-order chi connectivity index (χ0) is 27.7. The van der Waals surface area contributed by atoms with Gasteiger partial charge in [0.15, 0.2) is 0 Å². The highest BCUT2D eigenvalue weighted by molar-refractivity contribution is 7.92. The number of carbonyl (C=O) groups excluding carboxylic acids is 2. The van der Waals surface area contributed by atoms with Crippen molar-refractivity contribution < 1.29 is 22.4 Å². The average molecular weight is 540 g/mol. The molecule has 9 heteroatoms.